The van der Waals surface area contributed by atoms with E-state index in [1.54, 1.807) is 0 Å². The van der Waals surface area contributed by atoms with Gasteiger partial charge in [-0.3, -0.25) is 0 Å². The van der Waals surface area contributed by atoms with E-state index in [0.29, 0.717) is 13.2 Å². The van der Waals surface area contributed by atoms with Crippen LogP contribution in [0.15, 0.2) is 17.0 Å². The topological polar surface area (TPSA) is 81.4 Å². The normalized spacial score (nSPS) is 18.6. The quantitative estimate of drug-likeness (QED) is 0.830. The van der Waals surface area contributed by atoms with Crippen molar-refractivity contribution in [1.82, 2.24) is 4.72 Å². The summed E-state index contributed by atoms with van der Waals surface area (Å²) in [7, 11) is -3.78. The Balaban J connectivity index is 2.18. The van der Waals surface area contributed by atoms with Gasteiger partial charge in [-0.1, -0.05) is 0 Å². The Morgan fingerprint density at radius 3 is 2.57 bits per heavy atom. The van der Waals surface area contributed by atoms with Crippen LogP contribution in [0.2, 0.25) is 0 Å². The average molecular weight is 316 g/mol. The van der Waals surface area contributed by atoms with Gasteiger partial charge in [0.1, 0.15) is 5.82 Å². The summed E-state index contributed by atoms with van der Waals surface area (Å²) in [4.78, 5) is -0.137. The summed E-state index contributed by atoms with van der Waals surface area (Å²) in [6.07, 6.45) is 1.63. The molecule has 1 aromatic carbocycles. The van der Waals surface area contributed by atoms with Crippen LogP contribution in [0.3, 0.4) is 0 Å². The molecule has 21 heavy (non-hydrogen) atoms. The molecule has 0 bridgehead atoms. The number of anilines is 1. The number of sulfonamides is 1. The Bertz CT molecular complexity index is 590. The van der Waals surface area contributed by atoms with E-state index in [2.05, 4.69) is 4.72 Å². The molecule has 1 unspecified atom stereocenters. The fourth-order valence-corrected chi connectivity index (χ4v) is 3.81. The van der Waals surface area contributed by atoms with Gasteiger partial charge in [-0.05, 0) is 44.7 Å². The van der Waals surface area contributed by atoms with Crippen molar-refractivity contribution in [3.8, 4) is 0 Å². The molecular weight excluding hydrogens is 295 g/mol. The summed E-state index contributed by atoms with van der Waals surface area (Å²) in [5.41, 5.74) is 6.03. The Hall–Kier alpha value is -1.18. The molecule has 0 aliphatic carbocycles. The monoisotopic (exact) mass is 316 g/mol. The maximum Gasteiger partial charge on any atom is 0.240 e. The van der Waals surface area contributed by atoms with E-state index in [9.17, 15) is 12.8 Å². The third-order valence-corrected chi connectivity index (χ3v) is 5.52. The van der Waals surface area contributed by atoms with Gasteiger partial charge in [0.15, 0.2) is 0 Å². The van der Waals surface area contributed by atoms with Crippen molar-refractivity contribution in [1.29, 1.82) is 0 Å². The lowest BCUT2D eigenvalue weighted by Crippen LogP contribution is -2.40. The van der Waals surface area contributed by atoms with Gasteiger partial charge in [0.2, 0.25) is 10.0 Å². The second-order valence-corrected chi connectivity index (χ2v) is 7.19. The molecule has 0 radical (unpaired) electrons. The van der Waals surface area contributed by atoms with E-state index in [1.807, 2.05) is 6.92 Å². The van der Waals surface area contributed by atoms with Gasteiger partial charge in [-0.15, -0.1) is 0 Å². The van der Waals surface area contributed by atoms with E-state index in [1.165, 1.54) is 13.0 Å². The summed E-state index contributed by atoms with van der Waals surface area (Å²) in [6.45, 7) is 4.62. The standard InChI is InChI=1S/C14H21FN2O3S/c1-9-13(15)7-12(8-14(9)16)21(18,19)17-10(2)11-3-5-20-6-4-11/h7-8,10-11,17H,3-6,16H2,1-2H3. The lowest BCUT2D eigenvalue weighted by molar-refractivity contribution is 0.0585. The third-order valence-electron chi connectivity index (χ3n) is 3.98. The smallest absolute Gasteiger partial charge is 0.240 e. The van der Waals surface area contributed by atoms with E-state index < -0.39 is 15.8 Å². The van der Waals surface area contributed by atoms with Crippen LogP contribution in [-0.4, -0.2) is 27.7 Å². The lowest BCUT2D eigenvalue weighted by atomic mass is 9.94. The molecule has 1 aromatic rings. The van der Waals surface area contributed by atoms with Gasteiger partial charge in [-0.2, -0.15) is 0 Å². The summed E-state index contributed by atoms with van der Waals surface area (Å²) >= 11 is 0. The first-order valence-electron chi connectivity index (χ1n) is 6.97. The molecule has 0 saturated carbocycles. The van der Waals surface area contributed by atoms with Crippen molar-refractivity contribution in [3.05, 3.63) is 23.5 Å². The molecular formula is C14H21FN2O3S. The fourth-order valence-electron chi connectivity index (χ4n) is 2.45. The molecule has 1 aliphatic heterocycles. The Kier molecular flexibility index (Phi) is 4.85. The van der Waals surface area contributed by atoms with Crippen LogP contribution in [0.1, 0.15) is 25.3 Å². The van der Waals surface area contributed by atoms with Gasteiger partial charge in [-0.25, -0.2) is 17.5 Å². The molecule has 2 rings (SSSR count). The van der Waals surface area contributed by atoms with Crippen molar-refractivity contribution in [2.45, 2.75) is 37.6 Å². The van der Waals surface area contributed by atoms with Crippen LogP contribution in [0.5, 0.6) is 0 Å². The van der Waals surface area contributed by atoms with Crippen LogP contribution >= 0.6 is 0 Å². The molecule has 7 heteroatoms. The van der Waals surface area contributed by atoms with Crippen molar-refractivity contribution in [2.75, 3.05) is 18.9 Å². The van der Waals surface area contributed by atoms with E-state index >= 15 is 0 Å². The third kappa shape index (κ3) is 3.72. The second-order valence-electron chi connectivity index (χ2n) is 5.48. The number of nitrogen functional groups attached to an aromatic ring is 1. The molecule has 1 saturated heterocycles. The summed E-state index contributed by atoms with van der Waals surface area (Å²) in [5, 5.41) is 0. The summed E-state index contributed by atoms with van der Waals surface area (Å²) in [6, 6.07) is 2.06. The summed E-state index contributed by atoms with van der Waals surface area (Å²) in [5.74, 6) is -0.393. The molecule has 3 N–H and O–H groups in total. The number of nitrogens with one attached hydrogen (secondary N) is 1. The van der Waals surface area contributed by atoms with Gasteiger partial charge >= 0.3 is 0 Å². The minimum atomic E-state index is -3.78. The molecule has 0 aromatic heterocycles. The maximum atomic E-state index is 13.7. The van der Waals surface area contributed by atoms with Crippen LogP contribution in [0, 0.1) is 18.7 Å². The number of ether oxygens (including phenoxy) is 1. The van der Waals surface area contributed by atoms with Crippen molar-refractivity contribution < 1.29 is 17.5 Å². The highest BCUT2D eigenvalue weighted by Crippen LogP contribution is 2.23. The minimum absolute atomic E-state index is 0.133. The van der Waals surface area contributed by atoms with Gasteiger partial charge < -0.3 is 10.5 Å². The Morgan fingerprint density at radius 1 is 1.38 bits per heavy atom. The number of hydrogen-bond donors (Lipinski definition) is 2. The number of rotatable bonds is 4. The number of nitrogens with two attached hydrogens (primary N) is 1. The predicted octanol–water partition coefficient (Wildman–Crippen LogP) is 1.81. The van der Waals surface area contributed by atoms with Gasteiger partial charge in [0, 0.05) is 30.5 Å². The summed E-state index contributed by atoms with van der Waals surface area (Å²) < 4.78 is 46.2. The molecule has 1 fully saturated rings. The molecule has 1 aliphatic rings. The van der Waals surface area contributed by atoms with E-state index in [0.717, 1.165) is 18.9 Å². The first-order valence-corrected chi connectivity index (χ1v) is 8.45. The maximum absolute atomic E-state index is 13.7. The van der Waals surface area contributed by atoms with Crippen molar-refractivity contribution >= 4 is 15.7 Å². The highest BCUT2D eigenvalue weighted by atomic mass is 32.2. The molecule has 118 valence electrons. The SMILES string of the molecule is Cc1c(N)cc(S(=O)(=O)NC(C)C2CCOCC2)cc1F. The van der Waals surface area contributed by atoms with Gasteiger partial charge in [0.05, 0.1) is 4.90 Å². The van der Waals surface area contributed by atoms with E-state index in [4.69, 9.17) is 10.5 Å². The molecule has 0 amide bonds. The number of halogens is 1. The average Bonchev–Trinajstić information content (AvgIpc) is 2.44. The zero-order chi connectivity index (χ0) is 15.6. The van der Waals surface area contributed by atoms with Crippen LogP contribution in [0.4, 0.5) is 10.1 Å². The largest absolute Gasteiger partial charge is 0.398 e. The fraction of sp³-hybridized carbons (Fsp3) is 0.571. The van der Waals surface area contributed by atoms with E-state index in [-0.39, 0.29) is 28.1 Å². The number of hydrogen-bond acceptors (Lipinski definition) is 4. The minimum Gasteiger partial charge on any atom is -0.398 e. The lowest BCUT2D eigenvalue weighted by Gasteiger charge is -2.28. The van der Waals surface area contributed by atoms with Crippen LogP contribution in [0.25, 0.3) is 0 Å². The first kappa shape index (κ1) is 16.2. The van der Waals surface area contributed by atoms with Crippen LogP contribution in [-0.2, 0) is 14.8 Å². The second kappa shape index (κ2) is 6.29. The number of benzene rings is 1. The molecule has 1 heterocycles. The van der Waals surface area contributed by atoms with Crippen molar-refractivity contribution in [3.63, 3.8) is 0 Å². The Labute approximate surface area is 124 Å². The first-order chi connectivity index (χ1) is 9.81. The highest BCUT2D eigenvalue weighted by molar-refractivity contribution is 7.89. The Morgan fingerprint density at radius 2 is 2.00 bits per heavy atom. The molecule has 1 atom stereocenters. The molecule has 5 nitrogen and oxygen atoms in total. The zero-order valence-corrected chi connectivity index (χ0v) is 13.0. The zero-order valence-electron chi connectivity index (χ0n) is 12.2. The van der Waals surface area contributed by atoms with Gasteiger partial charge in [0.25, 0.3) is 0 Å². The molecule has 0 spiro atoms. The van der Waals surface area contributed by atoms with Crippen molar-refractivity contribution in [2.24, 2.45) is 5.92 Å². The predicted molar refractivity (Wildman–Crippen MR) is 78.9 cm³/mol. The van der Waals surface area contributed by atoms with Crippen LogP contribution < -0.4 is 10.5 Å². The highest BCUT2D eigenvalue weighted by Gasteiger charge is 2.26.